The van der Waals surface area contributed by atoms with Gasteiger partial charge in [-0.05, 0) is 62.4 Å². The summed E-state index contributed by atoms with van der Waals surface area (Å²) in [5.41, 5.74) is 1.77. The van der Waals surface area contributed by atoms with Crippen LogP contribution in [0.4, 0.5) is 0 Å². The van der Waals surface area contributed by atoms with Gasteiger partial charge in [0.05, 0.1) is 23.7 Å². The van der Waals surface area contributed by atoms with Crippen LogP contribution in [0.2, 0.25) is 0 Å². The topological polar surface area (TPSA) is 52.6 Å². The van der Waals surface area contributed by atoms with E-state index in [1.807, 2.05) is 19.1 Å². The summed E-state index contributed by atoms with van der Waals surface area (Å²) < 4.78 is 37.8. The molecule has 0 amide bonds. The average molecular weight is 451 g/mol. The van der Waals surface area contributed by atoms with Gasteiger partial charge in [-0.25, -0.2) is 0 Å². The third-order valence-electron chi connectivity index (χ3n) is 5.97. The van der Waals surface area contributed by atoms with Crippen LogP contribution in [-0.2, 0) is 24.6 Å². The fourth-order valence-corrected chi connectivity index (χ4v) is 5.33. The van der Waals surface area contributed by atoms with E-state index in [4.69, 9.17) is 8.92 Å². The zero-order valence-electron chi connectivity index (χ0n) is 15.3. The van der Waals surface area contributed by atoms with E-state index in [1.54, 1.807) is 24.3 Å². The molecule has 0 atom stereocenters. The first-order chi connectivity index (χ1) is 12.8. The molecule has 3 aliphatic rings. The minimum atomic E-state index is -3.74. The number of ether oxygens (including phenoxy) is 1. The van der Waals surface area contributed by atoms with Crippen LogP contribution in [0.5, 0.6) is 0 Å². The molecule has 0 radical (unpaired) electrons. The predicted molar refractivity (Wildman–Crippen MR) is 107 cm³/mol. The lowest BCUT2D eigenvalue weighted by molar-refractivity contribution is -0.197. The van der Waals surface area contributed by atoms with Crippen LogP contribution in [0.15, 0.2) is 57.9 Å². The third-order valence-corrected chi connectivity index (χ3v) is 7.78. The third kappa shape index (κ3) is 3.73. The summed E-state index contributed by atoms with van der Waals surface area (Å²) in [5, 5.41) is 0. The van der Waals surface area contributed by atoms with Crippen molar-refractivity contribution >= 4 is 26.0 Å². The van der Waals surface area contributed by atoms with E-state index in [9.17, 15) is 8.42 Å². The Labute approximate surface area is 169 Å². The normalized spacial score (nSPS) is 27.6. The molecule has 1 aliphatic carbocycles. The van der Waals surface area contributed by atoms with Gasteiger partial charge in [0, 0.05) is 9.89 Å². The van der Waals surface area contributed by atoms with E-state index in [1.165, 1.54) is 5.56 Å². The van der Waals surface area contributed by atoms with Crippen LogP contribution in [0.25, 0.3) is 0 Å². The second kappa shape index (κ2) is 6.99. The Morgan fingerprint density at radius 2 is 1.63 bits per heavy atom. The molecule has 2 saturated heterocycles. The molecule has 2 aliphatic heterocycles. The van der Waals surface area contributed by atoms with Gasteiger partial charge in [-0.2, -0.15) is 8.42 Å². The zero-order valence-corrected chi connectivity index (χ0v) is 17.7. The summed E-state index contributed by atoms with van der Waals surface area (Å²) in [4.78, 5) is 0.209. The number of rotatable bonds is 5. The molecule has 0 unspecified atom stereocenters. The van der Waals surface area contributed by atoms with Gasteiger partial charge in [0.15, 0.2) is 0 Å². The van der Waals surface area contributed by atoms with E-state index in [-0.39, 0.29) is 22.5 Å². The highest BCUT2D eigenvalue weighted by atomic mass is 79.9. The van der Waals surface area contributed by atoms with Crippen molar-refractivity contribution in [3.8, 4) is 0 Å². The Bertz CT molecular complexity index is 895. The average Bonchev–Trinajstić information content (AvgIpc) is 2.69. The van der Waals surface area contributed by atoms with Gasteiger partial charge in [-0.15, -0.1) is 0 Å². The first-order valence-electron chi connectivity index (χ1n) is 9.19. The van der Waals surface area contributed by atoms with Gasteiger partial charge in [0.25, 0.3) is 10.1 Å². The lowest BCUT2D eigenvalue weighted by Gasteiger charge is -2.53. The largest absolute Gasteiger partial charge is 0.370 e. The maximum absolute atomic E-state index is 12.5. The van der Waals surface area contributed by atoms with Crippen LogP contribution in [0.1, 0.15) is 36.8 Å². The maximum Gasteiger partial charge on any atom is 0.296 e. The molecule has 2 bridgehead atoms. The Balaban J connectivity index is 1.44. The van der Waals surface area contributed by atoms with Crippen LogP contribution < -0.4 is 0 Å². The fraction of sp³-hybridized carbons (Fsp3) is 0.429. The lowest BCUT2D eigenvalue weighted by Crippen LogP contribution is -2.51. The Morgan fingerprint density at radius 3 is 2.19 bits per heavy atom. The molecule has 0 spiro atoms. The summed E-state index contributed by atoms with van der Waals surface area (Å²) in [6.07, 6.45) is 3.60. The van der Waals surface area contributed by atoms with Crippen molar-refractivity contribution in [1.82, 2.24) is 0 Å². The molecule has 6 heteroatoms. The Hall–Kier alpha value is -1.21. The number of fused-ring (bicyclic) bond motifs is 3. The van der Waals surface area contributed by atoms with E-state index < -0.39 is 10.1 Å². The fourth-order valence-electron chi connectivity index (χ4n) is 4.05. The van der Waals surface area contributed by atoms with Gasteiger partial charge in [-0.1, -0.05) is 45.8 Å². The second-order valence-electron chi connectivity index (χ2n) is 7.82. The highest BCUT2D eigenvalue weighted by Gasteiger charge is 2.51. The molecule has 27 heavy (non-hydrogen) atoms. The minimum absolute atomic E-state index is 0.180. The number of halogens is 1. The molecule has 144 valence electrons. The monoisotopic (exact) mass is 450 g/mol. The van der Waals surface area contributed by atoms with Crippen molar-refractivity contribution < 1.29 is 17.3 Å². The van der Waals surface area contributed by atoms with Crippen molar-refractivity contribution in [3.63, 3.8) is 0 Å². The maximum atomic E-state index is 12.5. The summed E-state index contributed by atoms with van der Waals surface area (Å²) >= 11 is 3.48. The molecule has 4 nitrogen and oxygen atoms in total. The van der Waals surface area contributed by atoms with Crippen molar-refractivity contribution in [2.75, 3.05) is 13.2 Å². The van der Waals surface area contributed by atoms with Gasteiger partial charge in [0.1, 0.15) is 0 Å². The quantitative estimate of drug-likeness (QED) is 0.604. The highest BCUT2D eigenvalue weighted by molar-refractivity contribution is 9.10. The van der Waals surface area contributed by atoms with Crippen LogP contribution in [-0.4, -0.2) is 21.6 Å². The Kier molecular flexibility index (Phi) is 4.95. The van der Waals surface area contributed by atoms with Crippen molar-refractivity contribution in [2.45, 2.75) is 43.1 Å². The summed E-state index contributed by atoms with van der Waals surface area (Å²) in [7, 11) is -3.74. The van der Waals surface area contributed by atoms with E-state index in [0.717, 1.165) is 35.7 Å². The van der Waals surface area contributed by atoms with Crippen molar-refractivity contribution in [3.05, 3.63) is 64.1 Å². The molecule has 2 aromatic carbocycles. The molecule has 2 heterocycles. The van der Waals surface area contributed by atoms with Gasteiger partial charge < -0.3 is 4.74 Å². The first-order valence-corrected chi connectivity index (χ1v) is 11.4. The molecule has 0 N–H and O–H groups in total. The Morgan fingerprint density at radius 1 is 1.00 bits per heavy atom. The van der Waals surface area contributed by atoms with Crippen molar-refractivity contribution in [2.24, 2.45) is 5.41 Å². The summed E-state index contributed by atoms with van der Waals surface area (Å²) in [6, 6.07) is 15.1. The van der Waals surface area contributed by atoms with Crippen LogP contribution in [0, 0.1) is 12.3 Å². The molecular formula is C21H23BrO4S. The second-order valence-corrected chi connectivity index (χ2v) is 10.4. The van der Waals surface area contributed by atoms with Gasteiger partial charge in [0.2, 0.25) is 0 Å². The van der Waals surface area contributed by atoms with Gasteiger partial charge in [-0.3, -0.25) is 4.18 Å². The smallest absolute Gasteiger partial charge is 0.296 e. The summed E-state index contributed by atoms with van der Waals surface area (Å²) in [5.74, 6) is 0. The molecule has 3 fully saturated rings. The number of benzene rings is 2. The van der Waals surface area contributed by atoms with Crippen LogP contribution >= 0.6 is 15.9 Å². The lowest BCUT2D eigenvalue weighted by atomic mass is 9.64. The zero-order chi connectivity index (χ0) is 19.1. The molecule has 5 rings (SSSR count). The van der Waals surface area contributed by atoms with Gasteiger partial charge >= 0.3 is 0 Å². The minimum Gasteiger partial charge on any atom is -0.370 e. The highest BCUT2D eigenvalue weighted by Crippen LogP contribution is 2.53. The van der Waals surface area contributed by atoms with Crippen molar-refractivity contribution in [1.29, 1.82) is 0 Å². The molecule has 1 saturated carbocycles. The number of hydrogen-bond acceptors (Lipinski definition) is 4. The first kappa shape index (κ1) is 19.1. The SMILES string of the molecule is Cc1ccc(S(=O)(=O)OCC23CCC(c4ccc(Br)cc4)(CC2)OC3)cc1. The van der Waals surface area contributed by atoms with E-state index in [2.05, 4.69) is 28.1 Å². The molecule has 0 aromatic heterocycles. The van der Waals surface area contributed by atoms with E-state index >= 15 is 0 Å². The molecule has 2 aromatic rings. The number of hydrogen-bond donors (Lipinski definition) is 0. The van der Waals surface area contributed by atoms with Crippen LogP contribution in [0.3, 0.4) is 0 Å². The van der Waals surface area contributed by atoms with E-state index in [0.29, 0.717) is 6.61 Å². The predicted octanol–water partition coefficient (Wildman–Crippen LogP) is 4.95. The standard InChI is InChI=1S/C21H23BrO4S/c1-16-2-8-19(9-3-16)27(23,24)26-15-20-10-12-21(13-11-20,25-14-20)17-4-6-18(22)7-5-17/h2-9H,10-15H2,1H3. The molecular weight excluding hydrogens is 428 g/mol. The number of aryl methyl sites for hydroxylation is 1. The summed E-state index contributed by atoms with van der Waals surface area (Å²) in [6.45, 7) is 2.64.